The lowest BCUT2D eigenvalue weighted by Crippen LogP contribution is -2.45. The summed E-state index contributed by atoms with van der Waals surface area (Å²) < 4.78 is 0. The normalized spacial score (nSPS) is 16.0. The van der Waals surface area contributed by atoms with Gasteiger partial charge in [-0.05, 0) is 17.7 Å². The van der Waals surface area contributed by atoms with Crippen molar-refractivity contribution < 1.29 is 9.59 Å². The summed E-state index contributed by atoms with van der Waals surface area (Å²) in [6, 6.07) is 26.8. The topological polar surface area (TPSA) is 61.8 Å². The Morgan fingerprint density at radius 1 is 0.933 bits per heavy atom. The second-order valence-corrected chi connectivity index (χ2v) is 6.91. The maximum absolute atomic E-state index is 13.1. The molecule has 0 aliphatic carbocycles. The number of carbonyl (C=O) groups is 2. The highest BCUT2D eigenvalue weighted by molar-refractivity contribution is 6.20. The van der Waals surface area contributed by atoms with Gasteiger partial charge < -0.3 is 10.2 Å². The molecule has 0 saturated carbocycles. The molecule has 1 heterocycles. The van der Waals surface area contributed by atoms with E-state index in [0.717, 1.165) is 22.4 Å². The van der Waals surface area contributed by atoms with Crippen LogP contribution in [0, 0.1) is 0 Å². The number of benzodiazepines with no additional fused rings is 1. The number of nitrogens with zero attached hydrogens (tertiary/aromatic N) is 2. The molecule has 3 aromatic carbocycles. The zero-order valence-electron chi connectivity index (χ0n) is 16.5. The van der Waals surface area contributed by atoms with Gasteiger partial charge in [0, 0.05) is 24.3 Å². The van der Waals surface area contributed by atoms with Gasteiger partial charge >= 0.3 is 0 Å². The Bertz CT molecular complexity index is 1120. The van der Waals surface area contributed by atoms with E-state index in [1.54, 1.807) is 18.0 Å². The Balaban J connectivity index is 1.68. The lowest BCUT2D eigenvalue weighted by atomic mass is 10.0. The van der Waals surface area contributed by atoms with Gasteiger partial charge in [-0.25, -0.2) is 4.99 Å². The summed E-state index contributed by atoms with van der Waals surface area (Å²) in [5.74, 6) is -0.678. The summed E-state index contributed by atoms with van der Waals surface area (Å²) in [6.07, 6.45) is 2.10. The van der Waals surface area contributed by atoms with E-state index in [1.165, 1.54) is 6.08 Å². The summed E-state index contributed by atoms with van der Waals surface area (Å²) in [4.78, 5) is 31.8. The van der Waals surface area contributed by atoms with E-state index in [-0.39, 0.29) is 11.8 Å². The predicted octanol–water partition coefficient (Wildman–Crippen LogP) is 3.66. The van der Waals surface area contributed by atoms with Crippen molar-refractivity contribution in [2.45, 2.75) is 6.17 Å². The average Bonchev–Trinajstić information content (AvgIpc) is 2.90. The molecular weight excluding hydrogens is 374 g/mol. The molecule has 0 bridgehead atoms. The van der Waals surface area contributed by atoms with Gasteiger partial charge in [0.1, 0.15) is 0 Å². The van der Waals surface area contributed by atoms with E-state index in [0.29, 0.717) is 5.71 Å². The summed E-state index contributed by atoms with van der Waals surface area (Å²) in [5, 5.41) is 2.74. The first-order chi connectivity index (χ1) is 14.6. The molecule has 0 fully saturated rings. The summed E-state index contributed by atoms with van der Waals surface area (Å²) in [5.41, 5.74) is 4.05. The second-order valence-electron chi connectivity index (χ2n) is 6.91. The van der Waals surface area contributed by atoms with Crippen LogP contribution >= 0.6 is 0 Å². The Hall–Kier alpha value is -3.99. The first-order valence-corrected chi connectivity index (χ1v) is 9.67. The highest BCUT2D eigenvalue weighted by Crippen LogP contribution is 2.27. The van der Waals surface area contributed by atoms with Crippen molar-refractivity contribution in [1.29, 1.82) is 0 Å². The third-order valence-electron chi connectivity index (χ3n) is 4.90. The lowest BCUT2D eigenvalue weighted by molar-refractivity contribution is -0.124. The van der Waals surface area contributed by atoms with Crippen LogP contribution in [0.25, 0.3) is 6.08 Å². The van der Waals surface area contributed by atoms with Gasteiger partial charge in [-0.15, -0.1) is 0 Å². The number of amides is 2. The van der Waals surface area contributed by atoms with E-state index >= 15 is 0 Å². The highest BCUT2D eigenvalue weighted by Gasteiger charge is 2.30. The quantitative estimate of drug-likeness (QED) is 0.686. The first-order valence-electron chi connectivity index (χ1n) is 9.67. The number of hydrogen-bond acceptors (Lipinski definition) is 3. The Morgan fingerprint density at radius 3 is 2.30 bits per heavy atom. The molecule has 2 amide bonds. The van der Waals surface area contributed by atoms with E-state index in [4.69, 9.17) is 0 Å². The molecule has 4 rings (SSSR count). The zero-order chi connectivity index (χ0) is 20.9. The summed E-state index contributed by atoms with van der Waals surface area (Å²) >= 11 is 0. The minimum absolute atomic E-state index is 0.296. The van der Waals surface area contributed by atoms with Gasteiger partial charge in [-0.2, -0.15) is 0 Å². The third kappa shape index (κ3) is 4.05. The maximum Gasteiger partial charge on any atom is 0.272 e. The standard InChI is InChI=1S/C25H21N3O2/c1-28-21-15-9-8-14-20(21)23(19-12-6-3-7-13-19)27-24(25(28)30)26-22(29)17-16-18-10-4-2-5-11-18/h2-17,24H,1H3,(H,26,29)/b17-16+/t24-/m0/s1. The van der Waals surface area contributed by atoms with Crippen molar-refractivity contribution in [2.75, 3.05) is 11.9 Å². The van der Waals surface area contributed by atoms with Gasteiger partial charge in [-0.1, -0.05) is 78.9 Å². The van der Waals surface area contributed by atoms with Crippen LogP contribution in [0.2, 0.25) is 0 Å². The maximum atomic E-state index is 13.1. The fraction of sp³-hybridized carbons (Fsp3) is 0.0800. The van der Waals surface area contributed by atoms with Gasteiger partial charge in [-0.3, -0.25) is 9.59 Å². The van der Waals surface area contributed by atoms with Crippen LogP contribution in [0.3, 0.4) is 0 Å². The largest absolute Gasteiger partial charge is 0.323 e. The third-order valence-corrected chi connectivity index (χ3v) is 4.90. The van der Waals surface area contributed by atoms with Crippen LogP contribution in [-0.4, -0.2) is 30.7 Å². The number of para-hydroxylation sites is 1. The van der Waals surface area contributed by atoms with E-state index in [1.807, 2.05) is 84.9 Å². The highest BCUT2D eigenvalue weighted by atomic mass is 16.2. The van der Waals surface area contributed by atoms with E-state index in [9.17, 15) is 9.59 Å². The van der Waals surface area contributed by atoms with Crippen LogP contribution in [0.1, 0.15) is 16.7 Å². The number of fused-ring (bicyclic) bond motifs is 1. The molecule has 5 nitrogen and oxygen atoms in total. The van der Waals surface area contributed by atoms with Crippen LogP contribution in [-0.2, 0) is 9.59 Å². The number of likely N-dealkylation sites (N-methyl/N-ethyl adjacent to an activating group) is 1. The van der Waals surface area contributed by atoms with E-state index < -0.39 is 6.17 Å². The zero-order valence-corrected chi connectivity index (χ0v) is 16.5. The monoisotopic (exact) mass is 395 g/mol. The molecule has 1 aliphatic heterocycles. The molecule has 0 aromatic heterocycles. The predicted molar refractivity (Wildman–Crippen MR) is 119 cm³/mol. The molecule has 5 heteroatoms. The van der Waals surface area contributed by atoms with Crippen LogP contribution < -0.4 is 10.2 Å². The fourth-order valence-electron chi connectivity index (χ4n) is 3.36. The number of benzene rings is 3. The van der Waals surface area contributed by atoms with Crippen molar-refractivity contribution in [3.63, 3.8) is 0 Å². The second kappa shape index (κ2) is 8.57. The molecule has 0 spiro atoms. The van der Waals surface area contributed by atoms with Gasteiger partial charge in [0.2, 0.25) is 12.1 Å². The number of anilines is 1. The number of nitrogens with one attached hydrogen (secondary N) is 1. The lowest BCUT2D eigenvalue weighted by Gasteiger charge is -2.20. The van der Waals surface area contributed by atoms with Crippen molar-refractivity contribution in [2.24, 2.45) is 4.99 Å². The van der Waals surface area contributed by atoms with Gasteiger partial charge in [0.05, 0.1) is 11.4 Å². The molecular formula is C25H21N3O2. The minimum atomic E-state index is -1.02. The van der Waals surface area contributed by atoms with Gasteiger partial charge in [0.25, 0.3) is 5.91 Å². The molecule has 0 saturated heterocycles. The average molecular weight is 395 g/mol. The first kappa shape index (κ1) is 19.3. The van der Waals surface area contributed by atoms with Crippen LogP contribution in [0.4, 0.5) is 5.69 Å². The van der Waals surface area contributed by atoms with Crippen molar-refractivity contribution in [3.8, 4) is 0 Å². The minimum Gasteiger partial charge on any atom is -0.323 e. The van der Waals surface area contributed by atoms with Crippen LogP contribution in [0.5, 0.6) is 0 Å². The van der Waals surface area contributed by atoms with E-state index in [2.05, 4.69) is 10.3 Å². The van der Waals surface area contributed by atoms with Crippen molar-refractivity contribution in [3.05, 3.63) is 108 Å². The molecule has 1 atom stereocenters. The Labute approximate surface area is 175 Å². The molecule has 0 radical (unpaired) electrons. The molecule has 148 valence electrons. The smallest absolute Gasteiger partial charge is 0.272 e. The Kier molecular flexibility index (Phi) is 5.52. The number of hydrogen-bond donors (Lipinski definition) is 1. The fourth-order valence-corrected chi connectivity index (χ4v) is 3.36. The number of carbonyl (C=O) groups excluding carboxylic acids is 2. The van der Waals surface area contributed by atoms with Crippen LogP contribution in [0.15, 0.2) is 96.0 Å². The molecule has 3 aromatic rings. The number of rotatable bonds is 4. The van der Waals surface area contributed by atoms with Crippen molar-refractivity contribution in [1.82, 2.24) is 5.32 Å². The Morgan fingerprint density at radius 2 is 1.57 bits per heavy atom. The molecule has 1 aliphatic rings. The van der Waals surface area contributed by atoms with Crippen molar-refractivity contribution >= 4 is 29.3 Å². The number of aliphatic imine (C=N–C) groups is 1. The molecule has 1 N–H and O–H groups in total. The van der Waals surface area contributed by atoms with Gasteiger partial charge in [0.15, 0.2) is 0 Å². The SMILES string of the molecule is CN1C(=O)[C@@H](NC(=O)/C=C/c2ccccc2)N=C(c2ccccc2)c2ccccc21. The summed E-state index contributed by atoms with van der Waals surface area (Å²) in [6.45, 7) is 0. The summed E-state index contributed by atoms with van der Waals surface area (Å²) in [7, 11) is 1.70. The molecule has 30 heavy (non-hydrogen) atoms. The molecule has 0 unspecified atom stereocenters.